The molecule has 0 amide bonds. The van der Waals surface area contributed by atoms with Crippen LogP contribution in [0.3, 0.4) is 0 Å². The van der Waals surface area contributed by atoms with Gasteiger partial charge in [-0.05, 0) is 73.9 Å². The van der Waals surface area contributed by atoms with E-state index in [9.17, 15) is 27.0 Å². The highest BCUT2D eigenvalue weighted by molar-refractivity contribution is 7.89. The van der Waals surface area contributed by atoms with Crippen LogP contribution >= 0.6 is 0 Å². The number of rotatable bonds is 12. The van der Waals surface area contributed by atoms with Gasteiger partial charge in [0.15, 0.2) is 0 Å². The van der Waals surface area contributed by atoms with Crippen LogP contribution in [0.4, 0.5) is 0 Å². The molecule has 0 radical (unpaired) electrons. The highest BCUT2D eigenvalue weighted by Crippen LogP contribution is 2.30. The number of nitrogens with zero attached hydrogens (tertiary/aromatic N) is 2. The number of hydrogen-bond donors (Lipinski definition) is 2. The van der Waals surface area contributed by atoms with Gasteiger partial charge in [-0.1, -0.05) is 43.9 Å². The fourth-order valence-corrected chi connectivity index (χ4v) is 8.67. The van der Waals surface area contributed by atoms with Crippen molar-refractivity contribution >= 4 is 20.0 Å². The molecule has 2 fully saturated rings. The lowest BCUT2D eigenvalue weighted by atomic mass is 10.1. The van der Waals surface area contributed by atoms with Gasteiger partial charge in [0.2, 0.25) is 20.0 Å². The largest absolute Gasteiger partial charge is 0.508 e. The molecule has 10 heteroatoms. The third kappa shape index (κ3) is 7.11. The molecule has 1 unspecified atom stereocenters. The van der Waals surface area contributed by atoms with Crippen molar-refractivity contribution in [3.63, 3.8) is 0 Å². The highest BCUT2D eigenvalue weighted by atomic mass is 32.2. The second kappa shape index (κ2) is 12.3. The average Bonchev–Trinajstić information content (AvgIpc) is 3.59. The summed E-state index contributed by atoms with van der Waals surface area (Å²) in [6.45, 7) is 0.196. The summed E-state index contributed by atoms with van der Waals surface area (Å²) in [4.78, 5) is 0.204. The van der Waals surface area contributed by atoms with E-state index in [0.717, 1.165) is 51.4 Å². The van der Waals surface area contributed by atoms with Crippen molar-refractivity contribution in [2.24, 2.45) is 11.8 Å². The minimum Gasteiger partial charge on any atom is -0.508 e. The number of aliphatic hydroxyl groups excluding tert-OH is 1. The Morgan fingerprint density at radius 3 is 1.51 bits per heavy atom. The Labute approximate surface area is 221 Å². The molecular formula is C27H38N2O6S2. The van der Waals surface area contributed by atoms with Crippen molar-refractivity contribution in [2.75, 3.05) is 26.2 Å². The molecule has 0 aliphatic heterocycles. The zero-order chi connectivity index (χ0) is 26.5. The maximum atomic E-state index is 13.6. The van der Waals surface area contributed by atoms with Crippen molar-refractivity contribution in [1.82, 2.24) is 8.61 Å². The van der Waals surface area contributed by atoms with Gasteiger partial charge in [0, 0.05) is 26.2 Å². The summed E-state index contributed by atoms with van der Waals surface area (Å²) in [6, 6.07) is 13.5. The van der Waals surface area contributed by atoms with Gasteiger partial charge in [-0.25, -0.2) is 16.8 Å². The number of aliphatic hydroxyl groups is 1. The molecule has 0 saturated heterocycles. The topological polar surface area (TPSA) is 115 Å². The number of aromatic hydroxyl groups is 1. The van der Waals surface area contributed by atoms with Gasteiger partial charge in [0.05, 0.1) is 15.9 Å². The molecule has 2 aromatic carbocycles. The number of sulfonamides is 2. The van der Waals surface area contributed by atoms with Crippen LogP contribution in [0.2, 0.25) is 0 Å². The first-order valence-corrected chi connectivity index (χ1v) is 16.1. The van der Waals surface area contributed by atoms with Crippen LogP contribution in [0.1, 0.15) is 51.4 Å². The molecule has 0 spiro atoms. The highest BCUT2D eigenvalue weighted by Gasteiger charge is 2.34. The number of benzene rings is 2. The van der Waals surface area contributed by atoms with E-state index in [1.807, 2.05) is 0 Å². The molecule has 4 rings (SSSR count). The van der Waals surface area contributed by atoms with E-state index < -0.39 is 26.2 Å². The van der Waals surface area contributed by atoms with Crippen LogP contribution in [0, 0.1) is 11.8 Å². The molecule has 204 valence electrons. The smallest absolute Gasteiger partial charge is 0.243 e. The van der Waals surface area contributed by atoms with Gasteiger partial charge in [-0.2, -0.15) is 8.61 Å². The molecule has 0 bridgehead atoms. The monoisotopic (exact) mass is 550 g/mol. The molecule has 0 heterocycles. The Kier molecular flexibility index (Phi) is 9.29. The molecule has 2 saturated carbocycles. The summed E-state index contributed by atoms with van der Waals surface area (Å²) < 4.78 is 56.8. The van der Waals surface area contributed by atoms with E-state index in [-0.39, 0.29) is 47.0 Å². The first-order valence-electron chi connectivity index (χ1n) is 13.2. The van der Waals surface area contributed by atoms with Crippen molar-refractivity contribution in [2.45, 2.75) is 67.3 Å². The van der Waals surface area contributed by atoms with Gasteiger partial charge in [0.25, 0.3) is 0 Å². The van der Waals surface area contributed by atoms with E-state index >= 15 is 0 Å². The number of phenolic OH excluding ortho intramolecular Hbond substituents is 1. The Morgan fingerprint density at radius 1 is 0.676 bits per heavy atom. The summed E-state index contributed by atoms with van der Waals surface area (Å²) in [6.07, 6.45) is 6.75. The zero-order valence-electron chi connectivity index (χ0n) is 21.2. The molecule has 2 aromatic rings. The van der Waals surface area contributed by atoms with Crippen LogP contribution in [0.5, 0.6) is 5.75 Å². The van der Waals surface area contributed by atoms with E-state index in [2.05, 4.69) is 0 Å². The fraction of sp³-hybridized carbons (Fsp3) is 0.556. The molecule has 2 aliphatic rings. The maximum Gasteiger partial charge on any atom is 0.243 e. The molecule has 2 aliphatic carbocycles. The molecule has 2 N–H and O–H groups in total. The van der Waals surface area contributed by atoms with Crippen molar-refractivity contribution in [3.8, 4) is 5.75 Å². The summed E-state index contributed by atoms with van der Waals surface area (Å²) in [7, 11) is -7.81. The molecular weight excluding hydrogens is 512 g/mol. The third-order valence-corrected chi connectivity index (χ3v) is 11.2. The van der Waals surface area contributed by atoms with E-state index in [4.69, 9.17) is 0 Å². The maximum absolute atomic E-state index is 13.6. The first-order chi connectivity index (χ1) is 17.7. The molecule has 1 atom stereocenters. The SMILES string of the molecule is O=S(=O)(c1ccccc1)N(CC(O)CN(CC1CCCC1)S(=O)(=O)c1ccc(O)cc1)CC1CCCC1. The van der Waals surface area contributed by atoms with Crippen LogP contribution in [-0.2, 0) is 20.0 Å². The van der Waals surface area contributed by atoms with Gasteiger partial charge >= 0.3 is 0 Å². The Balaban J connectivity index is 1.56. The van der Waals surface area contributed by atoms with Gasteiger partial charge in [0.1, 0.15) is 5.75 Å². The zero-order valence-corrected chi connectivity index (χ0v) is 22.8. The second-order valence-electron chi connectivity index (χ2n) is 10.4. The Morgan fingerprint density at radius 2 is 1.08 bits per heavy atom. The molecule has 0 aromatic heterocycles. The Bertz CT molecular complexity index is 1210. The van der Waals surface area contributed by atoms with Gasteiger partial charge in [-0.3, -0.25) is 0 Å². The van der Waals surface area contributed by atoms with E-state index in [1.54, 1.807) is 30.3 Å². The average molecular weight is 551 g/mol. The number of hydrogen-bond acceptors (Lipinski definition) is 6. The second-order valence-corrected chi connectivity index (χ2v) is 14.3. The predicted molar refractivity (Wildman–Crippen MR) is 142 cm³/mol. The van der Waals surface area contributed by atoms with Crippen LogP contribution in [-0.4, -0.2) is 67.9 Å². The lowest BCUT2D eigenvalue weighted by molar-refractivity contribution is 0.114. The van der Waals surface area contributed by atoms with E-state index in [0.29, 0.717) is 6.54 Å². The summed E-state index contributed by atoms with van der Waals surface area (Å²) in [5.41, 5.74) is 0. The summed E-state index contributed by atoms with van der Waals surface area (Å²) in [5, 5.41) is 20.8. The number of phenols is 1. The lowest BCUT2D eigenvalue weighted by Crippen LogP contribution is -2.46. The van der Waals surface area contributed by atoms with Crippen LogP contribution in [0.15, 0.2) is 64.4 Å². The van der Waals surface area contributed by atoms with Gasteiger partial charge in [-0.15, -0.1) is 0 Å². The summed E-state index contributed by atoms with van der Waals surface area (Å²) >= 11 is 0. The van der Waals surface area contributed by atoms with Crippen molar-refractivity contribution < 1.29 is 27.0 Å². The van der Waals surface area contributed by atoms with Crippen LogP contribution < -0.4 is 0 Å². The fourth-order valence-electron chi connectivity index (χ4n) is 5.54. The molecule has 37 heavy (non-hydrogen) atoms. The predicted octanol–water partition coefficient (Wildman–Crippen LogP) is 3.82. The van der Waals surface area contributed by atoms with Crippen molar-refractivity contribution in [3.05, 3.63) is 54.6 Å². The summed E-state index contributed by atoms with van der Waals surface area (Å²) in [5.74, 6) is 0.387. The normalized spacial score (nSPS) is 18.7. The van der Waals surface area contributed by atoms with Crippen molar-refractivity contribution in [1.29, 1.82) is 0 Å². The lowest BCUT2D eigenvalue weighted by Gasteiger charge is -2.31. The minimum atomic E-state index is -3.95. The van der Waals surface area contributed by atoms with Crippen LogP contribution in [0.25, 0.3) is 0 Å². The quantitative estimate of drug-likeness (QED) is 0.415. The minimum absolute atomic E-state index is 0.0324. The standard InChI is InChI=1S/C27H38N2O6S2/c30-24-14-16-27(17-15-24)37(34,35)29(19-23-10-6-7-11-23)21-25(31)20-28(18-22-8-4-5-9-22)36(32,33)26-12-2-1-3-13-26/h1-3,12-17,22-23,25,30-31H,4-11,18-21H2. The molecule has 8 nitrogen and oxygen atoms in total. The van der Waals surface area contributed by atoms with Gasteiger partial charge < -0.3 is 10.2 Å². The first kappa shape index (κ1) is 28.0. The van der Waals surface area contributed by atoms with E-state index in [1.165, 1.54) is 32.9 Å². The third-order valence-electron chi connectivity index (χ3n) is 7.56. The Hall–Kier alpha value is -1.98.